The molecule has 1 aliphatic rings. The molecule has 26 heavy (non-hydrogen) atoms. The third-order valence-corrected chi connectivity index (χ3v) is 10.7. The molecule has 0 bridgehead atoms. The van der Waals surface area contributed by atoms with Gasteiger partial charge in [-0.05, 0) is 0 Å². The predicted molar refractivity (Wildman–Crippen MR) is 99.1 cm³/mol. The maximum absolute atomic E-state index is 2.43. The second-order valence-corrected chi connectivity index (χ2v) is 13.1. The molecule has 0 amide bonds. The van der Waals surface area contributed by atoms with Crippen LogP contribution in [0.4, 0.5) is 0 Å². The van der Waals surface area contributed by atoms with Gasteiger partial charge in [0, 0.05) is 0 Å². The van der Waals surface area contributed by atoms with E-state index in [4.69, 9.17) is 0 Å². The van der Waals surface area contributed by atoms with E-state index in [0.29, 0.717) is 0 Å². The van der Waals surface area contributed by atoms with Gasteiger partial charge < -0.3 is 37.2 Å². The molecular formula is C21H23Cl3PZr. The third kappa shape index (κ3) is 6.32. The van der Waals surface area contributed by atoms with Crippen LogP contribution in [0, 0.1) is 0 Å². The molecule has 0 unspecified atom stereocenters. The van der Waals surface area contributed by atoms with Crippen LogP contribution in [0.25, 0.3) is 0 Å². The molecule has 0 aromatic heterocycles. The quantitative estimate of drug-likeness (QED) is 0.361. The first-order chi connectivity index (χ1) is 11.2. The van der Waals surface area contributed by atoms with Crippen LogP contribution in [-0.2, 0) is 26.4 Å². The van der Waals surface area contributed by atoms with Crippen LogP contribution < -0.4 is 37.2 Å². The first-order valence-electron chi connectivity index (χ1n) is 8.10. The van der Waals surface area contributed by atoms with Crippen LogP contribution in [0.1, 0.15) is 17.5 Å². The topological polar surface area (TPSA) is 0 Å². The molecule has 0 fully saturated rings. The fourth-order valence-corrected chi connectivity index (χ4v) is 11.4. The van der Waals surface area contributed by atoms with Gasteiger partial charge in [0.05, 0.1) is 0 Å². The molecule has 3 rings (SSSR count). The number of hydrogen-bond donors (Lipinski definition) is 0. The van der Waals surface area contributed by atoms with Crippen LogP contribution in [-0.4, -0.2) is 19.5 Å². The summed E-state index contributed by atoms with van der Waals surface area (Å²) in [6.45, 7) is 4.85. The summed E-state index contributed by atoms with van der Waals surface area (Å²) in [5.41, 5.74) is 3.06. The monoisotopic (exact) mass is 501 g/mol. The first-order valence-corrected chi connectivity index (χ1v) is 13.0. The molecule has 0 atom stereocenters. The van der Waals surface area contributed by atoms with Crippen molar-refractivity contribution in [3.8, 4) is 0 Å². The number of halogens is 3. The largest absolute Gasteiger partial charge is 1.00 e. The Morgan fingerprint density at radius 3 is 1.73 bits per heavy atom. The summed E-state index contributed by atoms with van der Waals surface area (Å²) in [4.78, 5) is 0. The van der Waals surface area contributed by atoms with Gasteiger partial charge in [-0.25, -0.2) is 0 Å². The van der Waals surface area contributed by atoms with Gasteiger partial charge in [-0.2, -0.15) is 0 Å². The summed E-state index contributed by atoms with van der Waals surface area (Å²) in [5.74, 6) is 0. The van der Waals surface area contributed by atoms with Gasteiger partial charge in [0.1, 0.15) is 0 Å². The van der Waals surface area contributed by atoms with E-state index in [1.54, 1.807) is 3.28 Å². The molecule has 0 saturated heterocycles. The fourth-order valence-electron chi connectivity index (χ4n) is 3.27. The van der Waals surface area contributed by atoms with E-state index in [1.807, 2.05) is 0 Å². The molecule has 0 heterocycles. The molecule has 137 valence electrons. The predicted octanol–water partition coefficient (Wildman–Crippen LogP) is -3.39. The summed E-state index contributed by atoms with van der Waals surface area (Å²) in [5, 5.41) is 0. The third-order valence-electron chi connectivity index (χ3n) is 4.23. The van der Waals surface area contributed by atoms with Crippen LogP contribution in [0.15, 0.2) is 82.2 Å². The zero-order chi connectivity index (χ0) is 16.1. The van der Waals surface area contributed by atoms with E-state index in [9.17, 15) is 0 Å². The van der Waals surface area contributed by atoms with E-state index in [-0.39, 0.29) is 48.3 Å². The molecular weight excluding hydrogens is 481 g/mol. The van der Waals surface area contributed by atoms with Gasteiger partial charge in [-0.3, -0.25) is 0 Å². The van der Waals surface area contributed by atoms with Crippen molar-refractivity contribution in [3.63, 3.8) is 0 Å². The van der Waals surface area contributed by atoms with E-state index < -0.39 is 23.2 Å². The second-order valence-electron chi connectivity index (χ2n) is 6.32. The summed E-state index contributed by atoms with van der Waals surface area (Å²) >= 11 is -0.777. The fraction of sp³-hybridized carbons (Fsp3) is 0.238. The Morgan fingerprint density at radius 1 is 0.846 bits per heavy atom. The van der Waals surface area contributed by atoms with E-state index in [2.05, 4.69) is 92.2 Å². The van der Waals surface area contributed by atoms with Crippen LogP contribution in [0.3, 0.4) is 0 Å². The SMILES string of the molecule is CP(C)C[C]([Zr+3][C]1=CC=CC1)(c1ccccc1)c1ccccc1.[Cl-].[Cl-].[Cl-]. The minimum atomic E-state index is -0.777. The van der Waals surface area contributed by atoms with Gasteiger partial charge >= 0.3 is 153 Å². The molecule has 0 saturated carbocycles. The van der Waals surface area contributed by atoms with Crippen molar-refractivity contribution >= 4 is 7.92 Å². The normalized spacial score (nSPS) is 12.3. The smallest absolute Gasteiger partial charge is 1.00 e. The molecule has 5 heteroatoms. The molecule has 2 aromatic rings. The van der Waals surface area contributed by atoms with Crippen LogP contribution >= 0.6 is 7.92 Å². The maximum Gasteiger partial charge on any atom is -1.00 e. The molecule has 1 aliphatic carbocycles. The van der Waals surface area contributed by atoms with E-state index in [1.165, 1.54) is 23.7 Å². The summed E-state index contributed by atoms with van der Waals surface area (Å²) in [7, 11) is 0.0390. The van der Waals surface area contributed by atoms with E-state index >= 15 is 0 Å². The Hall–Kier alpha value is 0.103. The summed E-state index contributed by atoms with van der Waals surface area (Å²) in [6.07, 6.45) is 9.44. The van der Waals surface area contributed by atoms with Gasteiger partial charge in [0.2, 0.25) is 0 Å². The molecule has 2 aromatic carbocycles. The zero-order valence-electron chi connectivity index (χ0n) is 15.0. The van der Waals surface area contributed by atoms with Crippen molar-refractivity contribution < 1.29 is 60.5 Å². The first kappa shape index (κ1) is 26.1. The second kappa shape index (κ2) is 12.5. The van der Waals surface area contributed by atoms with Crippen molar-refractivity contribution in [2.75, 3.05) is 19.5 Å². The number of allylic oxidation sites excluding steroid dienone is 4. The molecule has 0 radical (unpaired) electrons. The molecule has 0 nitrogen and oxygen atoms in total. The van der Waals surface area contributed by atoms with Gasteiger partial charge in [-0.15, -0.1) is 0 Å². The Labute approximate surface area is 189 Å². The van der Waals surface area contributed by atoms with Gasteiger partial charge in [0.25, 0.3) is 0 Å². The van der Waals surface area contributed by atoms with Crippen molar-refractivity contribution in [2.24, 2.45) is 0 Å². The van der Waals surface area contributed by atoms with Crippen molar-refractivity contribution in [1.82, 2.24) is 0 Å². The summed E-state index contributed by atoms with van der Waals surface area (Å²) in [6, 6.07) is 22.5. The minimum Gasteiger partial charge on any atom is -1.00 e. The Balaban J connectivity index is 0.00000208. The minimum absolute atomic E-state index is 0. The van der Waals surface area contributed by atoms with Crippen molar-refractivity contribution in [2.45, 2.75) is 9.54 Å². The standard InChI is InChI=1S/C16H18P.C5H5.3ClH.Zr/c1-17(2)13-16(14-9-5-3-6-10-14)15-11-7-4-8-12-15;1-2-4-5-3-1;;;;/h3-12H,13H2,1-2H3;1-3H,4H2;3*1H;/q;;;;;+3/p-3. The summed E-state index contributed by atoms with van der Waals surface area (Å²) < 4.78 is 1.98. The Kier molecular flexibility index (Phi) is 12.6. The molecule has 0 N–H and O–H groups in total. The van der Waals surface area contributed by atoms with Crippen LogP contribution in [0.5, 0.6) is 0 Å². The zero-order valence-corrected chi connectivity index (χ0v) is 20.6. The number of benzene rings is 2. The van der Waals surface area contributed by atoms with Crippen LogP contribution in [0.2, 0.25) is 0 Å². The average molecular weight is 504 g/mol. The molecule has 0 aliphatic heterocycles. The number of rotatable bonds is 6. The number of hydrogen-bond acceptors (Lipinski definition) is 0. The Morgan fingerprint density at radius 2 is 1.35 bits per heavy atom. The van der Waals surface area contributed by atoms with Crippen molar-refractivity contribution in [3.05, 3.63) is 93.3 Å². The molecule has 0 spiro atoms. The maximum atomic E-state index is 2.43. The van der Waals surface area contributed by atoms with Gasteiger partial charge in [-0.1, -0.05) is 0 Å². The van der Waals surface area contributed by atoms with E-state index in [0.717, 1.165) is 0 Å². The van der Waals surface area contributed by atoms with Gasteiger partial charge in [0.15, 0.2) is 0 Å². The van der Waals surface area contributed by atoms with Crippen molar-refractivity contribution in [1.29, 1.82) is 0 Å². The average Bonchev–Trinajstić information content (AvgIpc) is 3.08. The Bertz CT molecular complexity index is 660.